The molecule has 2 atom stereocenters. The molecule has 0 aromatic heterocycles. The van der Waals surface area contributed by atoms with Crippen LogP contribution in [0.3, 0.4) is 0 Å². The van der Waals surface area contributed by atoms with Crippen LogP contribution < -0.4 is 10.6 Å². The molecule has 2 fully saturated rings. The van der Waals surface area contributed by atoms with Gasteiger partial charge in [0.1, 0.15) is 11.1 Å². The Labute approximate surface area is 179 Å². The molecule has 10 nitrogen and oxygen atoms in total. The Balaban J connectivity index is 0.00000364. The molecular formula is C16H36Cl2N6O4. The fraction of sp³-hybridized carbons (Fsp3) is 1.00. The summed E-state index contributed by atoms with van der Waals surface area (Å²) in [4.78, 5) is 3.91. The van der Waals surface area contributed by atoms with E-state index in [4.69, 9.17) is 0 Å². The third-order valence-corrected chi connectivity index (χ3v) is 4.90. The molecule has 0 bridgehead atoms. The summed E-state index contributed by atoms with van der Waals surface area (Å²) in [6, 6.07) is 0. The maximum atomic E-state index is 9.28. The standard InChI is InChI=1S/C16H34N6O4.2ClH/c1-15(2,13-17-5-7-21(13)9-11(23)24)19-20-16(3,4)14-18-6-8-22(14)10-12(25)26;;/h11-14,17-18,23-26H,5-10H2,1-4H3;2*1H. The van der Waals surface area contributed by atoms with Crippen molar-refractivity contribution in [3.63, 3.8) is 0 Å². The van der Waals surface area contributed by atoms with E-state index in [-0.39, 0.29) is 50.2 Å². The molecule has 2 saturated heterocycles. The first-order chi connectivity index (χ1) is 12.0. The predicted molar refractivity (Wildman–Crippen MR) is 111 cm³/mol. The van der Waals surface area contributed by atoms with E-state index in [9.17, 15) is 20.4 Å². The van der Waals surface area contributed by atoms with Gasteiger partial charge in [0, 0.05) is 26.2 Å². The van der Waals surface area contributed by atoms with Crippen LogP contribution in [-0.2, 0) is 0 Å². The smallest absolute Gasteiger partial charge is 0.164 e. The minimum absolute atomic E-state index is 0. The van der Waals surface area contributed by atoms with Crippen molar-refractivity contribution < 1.29 is 20.4 Å². The van der Waals surface area contributed by atoms with Crippen molar-refractivity contribution in [3.05, 3.63) is 0 Å². The number of azo groups is 1. The van der Waals surface area contributed by atoms with Gasteiger partial charge >= 0.3 is 0 Å². The van der Waals surface area contributed by atoms with Crippen molar-refractivity contribution in [1.82, 2.24) is 20.4 Å². The zero-order valence-corrected chi connectivity index (χ0v) is 18.6. The third kappa shape index (κ3) is 7.28. The van der Waals surface area contributed by atoms with Crippen LogP contribution in [0.2, 0.25) is 0 Å². The van der Waals surface area contributed by atoms with E-state index in [1.807, 2.05) is 37.5 Å². The summed E-state index contributed by atoms with van der Waals surface area (Å²) in [5, 5.41) is 53.0. The molecule has 0 aromatic carbocycles. The van der Waals surface area contributed by atoms with Gasteiger partial charge in [0.2, 0.25) is 0 Å². The van der Waals surface area contributed by atoms with Gasteiger partial charge in [0.05, 0.1) is 25.4 Å². The second-order valence-electron chi connectivity index (χ2n) is 8.17. The molecule has 2 rings (SSSR count). The summed E-state index contributed by atoms with van der Waals surface area (Å²) < 4.78 is 0. The highest BCUT2D eigenvalue weighted by atomic mass is 35.5. The number of halogens is 2. The minimum Gasteiger partial charge on any atom is -0.367 e. The summed E-state index contributed by atoms with van der Waals surface area (Å²) in [5.41, 5.74) is -1.13. The van der Waals surface area contributed by atoms with Gasteiger partial charge in [-0.15, -0.1) is 24.8 Å². The molecule has 168 valence electrons. The molecular weight excluding hydrogens is 411 g/mol. The molecule has 28 heavy (non-hydrogen) atoms. The number of hydrogen-bond acceptors (Lipinski definition) is 10. The number of aliphatic hydroxyl groups excluding tert-OH is 2. The molecule has 6 N–H and O–H groups in total. The second-order valence-corrected chi connectivity index (χ2v) is 8.17. The van der Waals surface area contributed by atoms with Crippen LogP contribution in [0.5, 0.6) is 0 Å². The van der Waals surface area contributed by atoms with E-state index in [1.54, 1.807) is 0 Å². The lowest BCUT2D eigenvalue weighted by Crippen LogP contribution is -2.54. The summed E-state index contributed by atoms with van der Waals surface area (Å²) in [7, 11) is 0. The fourth-order valence-electron chi connectivity index (χ4n) is 3.78. The van der Waals surface area contributed by atoms with Crippen LogP contribution in [-0.4, -0.2) is 105 Å². The molecule has 0 aliphatic carbocycles. The summed E-state index contributed by atoms with van der Waals surface area (Å²) in [5.74, 6) is 0. The normalized spacial score (nSPS) is 24.9. The average Bonchev–Trinajstić information content (AvgIpc) is 3.14. The number of aliphatic hydroxyl groups is 4. The number of β-amino-alcohol motifs (C(OH)–C–C–N with tert-alkyl or cyclic N) is 4. The zero-order chi connectivity index (χ0) is 19.5. The number of nitrogens with one attached hydrogen (secondary N) is 2. The van der Waals surface area contributed by atoms with Crippen LogP contribution in [0.1, 0.15) is 27.7 Å². The van der Waals surface area contributed by atoms with Crippen molar-refractivity contribution in [3.8, 4) is 0 Å². The largest absolute Gasteiger partial charge is 0.367 e. The van der Waals surface area contributed by atoms with Gasteiger partial charge in [-0.05, 0) is 27.7 Å². The number of nitrogens with zero attached hydrogens (tertiary/aromatic N) is 4. The second kappa shape index (κ2) is 11.3. The van der Waals surface area contributed by atoms with Crippen LogP contribution in [0.4, 0.5) is 0 Å². The van der Waals surface area contributed by atoms with E-state index in [2.05, 4.69) is 20.9 Å². The van der Waals surface area contributed by atoms with Crippen LogP contribution in [0.15, 0.2) is 10.2 Å². The molecule has 2 aliphatic rings. The number of hydrogen-bond donors (Lipinski definition) is 6. The molecule has 0 spiro atoms. The maximum absolute atomic E-state index is 9.28. The monoisotopic (exact) mass is 446 g/mol. The quantitative estimate of drug-likeness (QED) is 0.204. The Morgan fingerprint density at radius 1 is 0.786 bits per heavy atom. The van der Waals surface area contributed by atoms with E-state index in [0.717, 1.165) is 26.2 Å². The van der Waals surface area contributed by atoms with Crippen molar-refractivity contribution >= 4 is 24.8 Å². The minimum atomic E-state index is -1.39. The van der Waals surface area contributed by atoms with Crippen molar-refractivity contribution in [2.75, 3.05) is 39.3 Å². The highest BCUT2D eigenvalue weighted by Gasteiger charge is 2.41. The maximum Gasteiger partial charge on any atom is 0.164 e. The SMILES string of the molecule is CC(C)(N=NC(C)(C)C1NCCN1CC(O)O)C1NCCN1CC(O)O.Cl.Cl. The van der Waals surface area contributed by atoms with Gasteiger partial charge in [-0.2, -0.15) is 10.2 Å². The first-order valence-corrected chi connectivity index (χ1v) is 9.14. The molecule has 2 unspecified atom stereocenters. The predicted octanol–water partition coefficient (Wildman–Crippen LogP) is -1.08. The lowest BCUT2D eigenvalue weighted by Gasteiger charge is -2.37. The zero-order valence-electron chi connectivity index (χ0n) is 16.9. The van der Waals surface area contributed by atoms with Crippen molar-refractivity contribution in [2.45, 2.75) is 63.7 Å². The summed E-state index contributed by atoms with van der Waals surface area (Å²) in [6.07, 6.45) is -3.06. The first-order valence-electron chi connectivity index (χ1n) is 9.14. The summed E-state index contributed by atoms with van der Waals surface area (Å²) >= 11 is 0. The lowest BCUT2D eigenvalue weighted by molar-refractivity contribution is -0.0695. The number of rotatable bonds is 8. The molecule has 2 aliphatic heterocycles. The molecule has 0 aromatic rings. The molecule has 2 heterocycles. The van der Waals surface area contributed by atoms with Crippen LogP contribution >= 0.6 is 24.8 Å². The van der Waals surface area contributed by atoms with E-state index in [0.29, 0.717) is 0 Å². The first kappa shape index (κ1) is 27.9. The Morgan fingerprint density at radius 2 is 1.11 bits per heavy atom. The lowest BCUT2D eigenvalue weighted by atomic mass is 10.0. The van der Waals surface area contributed by atoms with Gasteiger partial charge in [0.25, 0.3) is 0 Å². The molecule has 0 saturated carbocycles. The topological polar surface area (TPSA) is 136 Å². The highest BCUT2D eigenvalue weighted by Crippen LogP contribution is 2.27. The van der Waals surface area contributed by atoms with E-state index < -0.39 is 23.7 Å². The van der Waals surface area contributed by atoms with Gasteiger partial charge in [-0.25, -0.2) is 0 Å². The molecule has 0 amide bonds. The third-order valence-electron chi connectivity index (χ3n) is 4.90. The van der Waals surface area contributed by atoms with E-state index in [1.165, 1.54) is 0 Å². The van der Waals surface area contributed by atoms with Gasteiger partial charge in [-0.1, -0.05) is 0 Å². The van der Waals surface area contributed by atoms with Gasteiger partial charge in [0.15, 0.2) is 12.6 Å². The highest BCUT2D eigenvalue weighted by molar-refractivity contribution is 5.85. The van der Waals surface area contributed by atoms with E-state index >= 15 is 0 Å². The Hall–Kier alpha value is -0.140. The van der Waals surface area contributed by atoms with Gasteiger partial charge < -0.3 is 20.4 Å². The Kier molecular flexibility index (Phi) is 11.2. The van der Waals surface area contributed by atoms with Gasteiger partial charge in [-0.3, -0.25) is 20.4 Å². The summed E-state index contributed by atoms with van der Waals surface area (Å²) in [6.45, 7) is 11.1. The Bertz CT molecular complexity index is 454. The van der Waals surface area contributed by atoms with Crippen LogP contribution in [0.25, 0.3) is 0 Å². The fourth-order valence-corrected chi connectivity index (χ4v) is 3.78. The van der Waals surface area contributed by atoms with Crippen LogP contribution in [0, 0.1) is 0 Å². The molecule has 0 radical (unpaired) electrons. The Morgan fingerprint density at radius 3 is 1.39 bits per heavy atom. The van der Waals surface area contributed by atoms with Crippen molar-refractivity contribution in [1.29, 1.82) is 0 Å². The average molecular weight is 447 g/mol. The van der Waals surface area contributed by atoms with Crippen molar-refractivity contribution in [2.24, 2.45) is 10.2 Å². The molecule has 12 heteroatoms.